The van der Waals surface area contributed by atoms with Crippen molar-refractivity contribution in [2.45, 2.75) is 13.8 Å². The van der Waals surface area contributed by atoms with Crippen LogP contribution in [-0.4, -0.2) is 31.8 Å². The largest absolute Gasteiger partial charge is 0.497 e. The monoisotopic (exact) mass is 382 g/mol. The van der Waals surface area contributed by atoms with Crippen LogP contribution in [0.3, 0.4) is 0 Å². The number of carbonyl (C=O) groups is 3. The van der Waals surface area contributed by atoms with Gasteiger partial charge in [-0.1, -0.05) is 0 Å². The summed E-state index contributed by atoms with van der Waals surface area (Å²) in [7, 11) is 3.02. The molecule has 146 valence electrons. The molecule has 0 fully saturated rings. The van der Waals surface area contributed by atoms with Crippen molar-refractivity contribution in [1.82, 2.24) is 0 Å². The van der Waals surface area contributed by atoms with Gasteiger partial charge < -0.3 is 20.1 Å². The molecule has 0 heterocycles. The number of amides is 2. The number of ether oxygens (including phenoxy) is 2. The summed E-state index contributed by atoms with van der Waals surface area (Å²) in [4.78, 5) is 35.8. The van der Waals surface area contributed by atoms with Crippen molar-refractivity contribution in [1.29, 1.82) is 0 Å². The Morgan fingerprint density at radius 2 is 1.57 bits per heavy atom. The van der Waals surface area contributed by atoms with Gasteiger partial charge in [-0.25, -0.2) is 0 Å². The molecule has 0 radical (unpaired) electrons. The van der Waals surface area contributed by atoms with Crippen molar-refractivity contribution < 1.29 is 23.9 Å². The van der Waals surface area contributed by atoms with Crippen LogP contribution in [0, 0.1) is 0 Å². The molecule has 2 aromatic carbocycles. The lowest BCUT2D eigenvalue weighted by atomic mass is 10.1. The van der Waals surface area contributed by atoms with E-state index in [2.05, 4.69) is 10.6 Å². The van der Waals surface area contributed by atoms with Gasteiger partial charge in [0.05, 0.1) is 19.9 Å². The Morgan fingerprint density at radius 3 is 2.14 bits per heavy atom. The lowest BCUT2D eigenvalue weighted by Crippen LogP contribution is -2.16. The lowest BCUT2D eigenvalue weighted by Gasteiger charge is -2.11. The standard InChI is InChI=1S/C21H22N2O5/c1-13(21(26)22-16-7-5-15(6-8-16)14(2)24)11-20(25)23-18-10-9-17(27-3)12-19(18)28-4/h5-12H,1-4H3,(H,22,26)(H,23,25)/b13-11-. The average molecular weight is 382 g/mol. The van der Waals surface area contributed by atoms with E-state index in [1.165, 1.54) is 34.1 Å². The van der Waals surface area contributed by atoms with Gasteiger partial charge in [0.15, 0.2) is 5.78 Å². The minimum absolute atomic E-state index is 0.0559. The molecular formula is C21H22N2O5. The van der Waals surface area contributed by atoms with Crippen molar-refractivity contribution in [2.24, 2.45) is 0 Å². The first-order chi connectivity index (χ1) is 13.3. The van der Waals surface area contributed by atoms with Crippen molar-refractivity contribution in [3.8, 4) is 11.5 Å². The van der Waals surface area contributed by atoms with Gasteiger partial charge in [-0.05, 0) is 50.2 Å². The normalized spacial score (nSPS) is 10.8. The first-order valence-electron chi connectivity index (χ1n) is 8.47. The van der Waals surface area contributed by atoms with Gasteiger partial charge in [0.1, 0.15) is 11.5 Å². The molecule has 0 aliphatic carbocycles. The summed E-state index contributed by atoms with van der Waals surface area (Å²) in [5, 5.41) is 5.34. The number of carbonyl (C=O) groups excluding carboxylic acids is 3. The maximum absolute atomic E-state index is 12.3. The zero-order valence-corrected chi connectivity index (χ0v) is 16.2. The zero-order valence-electron chi connectivity index (χ0n) is 16.2. The molecule has 0 spiro atoms. The third-order valence-corrected chi connectivity index (χ3v) is 3.92. The Labute approximate surface area is 163 Å². The molecule has 0 unspecified atom stereocenters. The van der Waals surface area contributed by atoms with Crippen molar-refractivity contribution in [3.05, 3.63) is 59.7 Å². The van der Waals surface area contributed by atoms with Crippen LogP contribution in [0.5, 0.6) is 11.5 Å². The molecular weight excluding hydrogens is 360 g/mol. The van der Waals surface area contributed by atoms with Crippen LogP contribution in [0.25, 0.3) is 0 Å². The van der Waals surface area contributed by atoms with E-state index in [1.54, 1.807) is 42.5 Å². The molecule has 7 heteroatoms. The smallest absolute Gasteiger partial charge is 0.251 e. The fourth-order valence-electron chi connectivity index (χ4n) is 2.35. The Balaban J connectivity index is 2.04. The van der Waals surface area contributed by atoms with E-state index < -0.39 is 11.8 Å². The van der Waals surface area contributed by atoms with Gasteiger partial charge in [0, 0.05) is 29.0 Å². The summed E-state index contributed by atoms with van der Waals surface area (Å²) in [6.45, 7) is 3.00. The molecule has 0 saturated carbocycles. The molecule has 0 aromatic heterocycles. The van der Waals surface area contributed by atoms with Gasteiger partial charge in [-0.3, -0.25) is 14.4 Å². The first-order valence-corrected chi connectivity index (χ1v) is 8.47. The topological polar surface area (TPSA) is 93.7 Å². The number of hydrogen-bond acceptors (Lipinski definition) is 5. The Hall–Kier alpha value is -3.61. The third-order valence-electron chi connectivity index (χ3n) is 3.92. The maximum atomic E-state index is 12.3. The lowest BCUT2D eigenvalue weighted by molar-refractivity contribution is -0.114. The van der Waals surface area contributed by atoms with Crippen LogP contribution in [0.2, 0.25) is 0 Å². The van der Waals surface area contributed by atoms with Crippen LogP contribution >= 0.6 is 0 Å². The van der Waals surface area contributed by atoms with E-state index in [0.29, 0.717) is 28.4 Å². The van der Waals surface area contributed by atoms with Gasteiger partial charge in [-0.15, -0.1) is 0 Å². The Morgan fingerprint density at radius 1 is 0.893 bits per heavy atom. The highest BCUT2D eigenvalue weighted by Gasteiger charge is 2.11. The summed E-state index contributed by atoms with van der Waals surface area (Å²) in [6, 6.07) is 11.5. The molecule has 0 bridgehead atoms. The number of ketones is 1. The SMILES string of the molecule is COc1ccc(NC(=O)/C=C(/C)C(=O)Nc2ccc(C(C)=O)cc2)c(OC)c1. The van der Waals surface area contributed by atoms with Gasteiger partial charge in [-0.2, -0.15) is 0 Å². The molecule has 7 nitrogen and oxygen atoms in total. The summed E-state index contributed by atoms with van der Waals surface area (Å²) < 4.78 is 10.3. The van der Waals surface area contributed by atoms with Crippen molar-refractivity contribution in [2.75, 3.05) is 24.9 Å². The molecule has 28 heavy (non-hydrogen) atoms. The fourth-order valence-corrected chi connectivity index (χ4v) is 2.35. The number of methoxy groups -OCH3 is 2. The second kappa shape index (κ2) is 9.36. The highest BCUT2D eigenvalue weighted by molar-refractivity contribution is 6.10. The number of rotatable bonds is 7. The summed E-state index contributed by atoms with van der Waals surface area (Å²) >= 11 is 0. The van der Waals surface area contributed by atoms with Crippen LogP contribution in [0.15, 0.2) is 54.1 Å². The average Bonchev–Trinajstić information content (AvgIpc) is 2.68. The highest BCUT2D eigenvalue weighted by atomic mass is 16.5. The maximum Gasteiger partial charge on any atom is 0.251 e. The number of anilines is 2. The number of Topliss-reactive ketones (excluding diaryl/α,β-unsaturated/α-hetero) is 1. The second-order valence-corrected chi connectivity index (χ2v) is 5.97. The van der Waals surface area contributed by atoms with Crippen LogP contribution in [0.4, 0.5) is 11.4 Å². The van der Waals surface area contributed by atoms with Crippen LogP contribution in [0.1, 0.15) is 24.2 Å². The van der Waals surface area contributed by atoms with Gasteiger partial charge in [0.2, 0.25) is 5.91 Å². The second-order valence-electron chi connectivity index (χ2n) is 5.97. The molecule has 0 aliphatic heterocycles. The van der Waals surface area contributed by atoms with Crippen molar-refractivity contribution in [3.63, 3.8) is 0 Å². The highest BCUT2D eigenvalue weighted by Crippen LogP contribution is 2.29. The minimum Gasteiger partial charge on any atom is -0.497 e. The zero-order chi connectivity index (χ0) is 20.7. The predicted molar refractivity (Wildman–Crippen MR) is 107 cm³/mol. The van der Waals surface area contributed by atoms with E-state index in [9.17, 15) is 14.4 Å². The number of benzene rings is 2. The molecule has 0 atom stereocenters. The molecule has 0 saturated heterocycles. The van der Waals surface area contributed by atoms with E-state index in [-0.39, 0.29) is 11.4 Å². The first kappa shape index (κ1) is 20.7. The van der Waals surface area contributed by atoms with Gasteiger partial charge >= 0.3 is 0 Å². The Kier molecular flexibility index (Phi) is 6.92. The predicted octanol–water partition coefficient (Wildman–Crippen LogP) is 3.43. The number of hydrogen-bond donors (Lipinski definition) is 2. The minimum atomic E-state index is -0.469. The summed E-state index contributed by atoms with van der Waals surface area (Å²) in [5.41, 5.74) is 1.76. The Bertz CT molecular complexity index is 917. The summed E-state index contributed by atoms with van der Waals surface area (Å²) in [5.74, 6) is 0.0838. The molecule has 2 amide bonds. The van der Waals surface area contributed by atoms with Crippen LogP contribution < -0.4 is 20.1 Å². The molecule has 0 aliphatic rings. The fraction of sp³-hybridized carbons (Fsp3) is 0.190. The molecule has 2 aromatic rings. The summed E-state index contributed by atoms with van der Waals surface area (Å²) in [6.07, 6.45) is 1.20. The quantitative estimate of drug-likeness (QED) is 0.565. The van der Waals surface area contributed by atoms with E-state index >= 15 is 0 Å². The number of nitrogens with one attached hydrogen (secondary N) is 2. The van der Waals surface area contributed by atoms with Crippen molar-refractivity contribution >= 4 is 29.0 Å². The molecule has 2 N–H and O–H groups in total. The van der Waals surface area contributed by atoms with E-state index in [1.807, 2.05) is 0 Å². The van der Waals surface area contributed by atoms with E-state index in [4.69, 9.17) is 9.47 Å². The molecule has 2 rings (SSSR count). The van der Waals surface area contributed by atoms with Gasteiger partial charge in [0.25, 0.3) is 5.91 Å². The third kappa shape index (κ3) is 5.44. The van der Waals surface area contributed by atoms with Crippen LogP contribution in [-0.2, 0) is 9.59 Å². The van der Waals surface area contributed by atoms with E-state index in [0.717, 1.165) is 0 Å².